The van der Waals surface area contributed by atoms with Gasteiger partial charge in [0.1, 0.15) is 5.75 Å². The monoisotopic (exact) mass is 265 g/mol. The zero-order valence-corrected chi connectivity index (χ0v) is 13.0. The molecular formula is C16H27NO2. The first kappa shape index (κ1) is 16.0. The Balaban J connectivity index is 3.18. The number of methoxy groups -OCH3 is 2. The minimum absolute atomic E-state index is 0.187. The van der Waals surface area contributed by atoms with Crippen molar-refractivity contribution < 1.29 is 9.47 Å². The van der Waals surface area contributed by atoms with Crippen molar-refractivity contribution in [2.75, 3.05) is 20.8 Å². The van der Waals surface area contributed by atoms with Crippen LogP contribution in [0.2, 0.25) is 0 Å². The van der Waals surface area contributed by atoms with E-state index in [1.165, 1.54) is 11.1 Å². The van der Waals surface area contributed by atoms with Gasteiger partial charge in [0.05, 0.1) is 19.3 Å². The molecule has 0 amide bonds. The third kappa shape index (κ3) is 3.71. The SMILES string of the molecule is CCNC(c1cc(C)c(OC)cc1C)C(CC)OC. The average molecular weight is 265 g/mol. The van der Waals surface area contributed by atoms with Crippen molar-refractivity contribution in [2.24, 2.45) is 0 Å². The molecule has 0 aromatic heterocycles. The molecule has 0 fully saturated rings. The fourth-order valence-electron chi connectivity index (χ4n) is 2.57. The zero-order valence-electron chi connectivity index (χ0n) is 13.0. The second kappa shape index (κ2) is 7.51. The lowest BCUT2D eigenvalue weighted by Crippen LogP contribution is -2.33. The van der Waals surface area contributed by atoms with Crippen LogP contribution in [0.4, 0.5) is 0 Å². The Morgan fingerprint density at radius 1 is 1.11 bits per heavy atom. The van der Waals surface area contributed by atoms with Gasteiger partial charge in [0, 0.05) is 7.11 Å². The number of aryl methyl sites for hydroxylation is 2. The first-order chi connectivity index (χ1) is 9.08. The molecule has 0 radical (unpaired) electrons. The van der Waals surface area contributed by atoms with Crippen LogP contribution < -0.4 is 10.1 Å². The summed E-state index contributed by atoms with van der Waals surface area (Å²) in [4.78, 5) is 0. The first-order valence-electron chi connectivity index (χ1n) is 7.00. The van der Waals surface area contributed by atoms with Gasteiger partial charge in [-0.05, 0) is 49.6 Å². The van der Waals surface area contributed by atoms with E-state index >= 15 is 0 Å². The number of hydrogen-bond donors (Lipinski definition) is 1. The summed E-state index contributed by atoms with van der Waals surface area (Å²) in [6, 6.07) is 4.55. The average Bonchev–Trinajstić information content (AvgIpc) is 2.41. The lowest BCUT2D eigenvalue weighted by atomic mass is 9.93. The number of nitrogens with one attached hydrogen (secondary N) is 1. The molecule has 0 saturated heterocycles. The van der Waals surface area contributed by atoms with Crippen LogP contribution in [-0.2, 0) is 4.74 Å². The highest BCUT2D eigenvalue weighted by molar-refractivity contribution is 5.43. The van der Waals surface area contributed by atoms with E-state index in [0.717, 1.165) is 24.3 Å². The van der Waals surface area contributed by atoms with E-state index in [4.69, 9.17) is 9.47 Å². The van der Waals surface area contributed by atoms with Crippen molar-refractivity contribution in [1.29, 1.82) is 0 Å². The molecular weight excluding hydrogens is 238 g/mol. The molecule has 1 aromatic rings. The minimum Gasteiger partial charge on any atom is -0.496 e. The van der Waals surface area contributed by atoms with E-state index in [0.29, 0.717) is 0 Å². The maximum absolute atomic E-state index is 5.63. The predicted octanol–water partition coefficient (Wildman–Crippen LogP) is 3.39. The number of ether oxygens (including phenoxy) is 2. The molecule has 0 heterocycles. The Kier molecular flexibility index (Phi) is 6.32. The molecule has 0 aliphatic carbocycles. The van der Waals surface area contributed by atoms with E-state index in [1.807, 2.05) is 0 Å². The summed E-state index contributed by atoms with van der Waals surface area (Å²) in [7, 11) is 3.50. The highest BCUT2D eigenvalue weighted by Crippen LogP contribution is 2.29. The summed E-state index contributed by atoms with van der Waals surface area (Å²) in [5.41, 5.74) is 3.70. The van der Waals surface area contributed by atoms with E-state index < -0.39 is 0 Å². The standard InChI is InChI=1S/C16H27NO2/c1-7-14(18-5)16(17-8-2)13-9-12(4)15(19-6)10-11(13)3/h9-10,14,16-17H,7-8H2,1-6H3. The third-order valence-electron chi connectivity index (χ3n) is 3.62. The number of rotatable bonds is 7. The van der Waals surface area contributed by atoms with Gasteiger partial charge in [-0.3, -0.25) is 0 Å². The second-order valence-electron chi connectivity index (χ2n) is 4.90. The summed E-state index contributed by atoms with van der Waals surface area (Å²) in [5.74, 6) is 0.946. The van der Waals surface area contributed by atoms with Crippen LogP contribution in [0.3, 0.4) is 0 Å². The van der Waals surface area contributed by atoms with Gasteiger partial charge in [0.2, 0.25) is 0 Å². The maximum Gasteiger partial charge on any atom is 0.122 e. The Hall–Kier alpha value is -1.06. The molecule has 1 N–H and O–H groups in total. The van der Waals surface area contributed by atoms with Gasteiger partial charge >= 0.3 is 0 Å². The summed E-state index contributed by atoms with van der Waals surface area (Å²) < 4.78 is 11.0. The van der Waals surface area contributed by atoms with Gasteiger partial charge in [0.15, 0.2) is 0 Å². The second-order valence-corrected chi connectivity index (χ2v) is 4.90. The molecule has 0 bridgehead atoms. The van der Waals surface area contributed by atoms with Crippen LogP contribution in [0.5, 0.6) is 5.75 Å². The molecule has 1 aromatic carbocycles. The van der Waals surface area contributed by atoms with Crippen molar-refractivity contribution in [2.45, 2.75) is 46.3 Å². The van der Waals surface area contributed by atoms with Gasteiger partial charge < -0.3 is 14.8 Å². The van der Waals surface area contributed by atoms with E-state index in [1.54, 1.807) is 14.2 Å². The van der Waals surface area contributed by atoms with Crippen LogP contribution in [0.1, 0.15) is 43.0 Å². The largest absolute Gasteiger partial charge is 0.496 e. The minimum atomic E-state index is 0.187. The lowest BCUT2D eigenvalue weighted by Gasteiger charge is -2.28. The number of benzene rings is 1. The lowest BCUT2D eigenvalue weighted by molar-refractivity contribution is 0.0653. The normalized spacial score (nSPS) is 14.2. The van der Waals surface area contributed by atoms with Crippen molar-refractivity contribution in [1.82, 2.24) is 5.32 Å². The zero-order chi connectivity index (χ0) is 14.4. The molecule has 3 heteroatoms. The Morgan fingerprint density at radius 2 is 1.79 bits per heavy atom. The highest BCUT2D eigenvalue weighted by atomic mass is 16.5. The summed E-state index contributed by atoms with van der Waals surface area (Å²) >= 11 is 0. The molecule has 3 nitrogen and oxygen atoms in total. The van der Waals surface area contributed by atoms with E-state index in [2.05, 4.69) is 45.1 Å². The summed E-state index contributed by atoms with van der Waals surface area (Å²) in [6.45, 7) is 9.42. The third-order valence-corrected chi connectivity index (χ3v) is 3.62. The molecule has 19 heavy (non-hydrogen) atoms. The van der Waals surface area contributed by atoms with Crippen molar-refractivity contribution in [3.8, 4) is 5.75 Å². The molecule has 0 aliphatic heterocycles. The van der Waals surface area contributed by atoms with Crippen LogP contribution in [0.15, 0.2) is 12.1 Å². The predicted molar refractivity (Wildman–Crippen MR) is 80.0 cm³/mol. The smallest absolute Gasteiger partial charge is 0.122 e. The molecule has 0 aliphatic rings. The molecule has 0 spiro atoms. The van der Waals surface area contributed by atoms with Gasteiger partial charge in [-0.15, -0.1) is 0 Å². The van der Waals surface area contributed by atoms with Crippen LogP contribution in [0.25, 0.3) is 0 Å². The fraction of sp³-hybridized carbons (Fsp3) is 0.625. The quantitative estimate of drug-likeness (QED) is 0.819. The van der Waals surface area contributed by atoms with E-state index in [-0.39, 0.29) is 12.1 Å². The van der Waals surface area contributed by atoms with Crippen molar-refractivity contribution in [3.63, 3.8) is 0 Å². The molecule has 2 unspecified atom stereocenters. The fourth-order valence-corrected chi connectivity index (χ4v) is 2.57. The summed E-state index contributed by atoms with van der Waals surface area (Å²) in [6.07, 6.45) is 1.17. The van der Waals surface area contributed by atoms with Crippen molar-refractivity contribution in [3.05, 3.63) is 28.8 Å². The topological polar surface area (TPSA) is 30.5 Å². The van der Waals surface area contributed by atoms with Gasteiger partial charge in [-0.1, -0.05) is 19.9 Å². The molecule has 2 atom stereocenters. The Morgan fingerprint density at radius 3 is 2.26 bits per heavy atom. The van der Waals surface area contributed by atoms with Gasteiger partial charge in [-0.2, -0.15) is 0 Å². The number of hydrogen-bond acceptors (Lipinski definition) is 3. The number of likely N-dealkylation sites (N-methyl/N-ethyl adjacent to an activating group) is 1. The Bertz CT molecular complexity index is 400. The van der Waals surface area contributed by atoms with Crippen LogP contribution in [-0.4, -0.2) is 26.9 Å². The van der Waals surface area contributed by atoms with E-state index in [9.17, 15) is 0 Å². The molecule has 108 valence electrons. The highest BCUT2D eigenvalue weighted by Gasteiger charge is 2.23. The van der Waals surface area contributed by atoms with Crippen LogP contribution in [0, 0.1) is 13.8 Å². The summed E-state index contributed by atoms with van der Waals surface area (Å²) in [5, 5.41) is 3.54. The van der Waals surface area contributed by atoms with Crippen molar-refractivity contribution >= 4 is 0 Å². The van der Waals surface area contributed by atoms with Crippen LogP contribution >= 0.6 is 0 Å². The van der Waals surface area contributed by atoms with Gasteiger partial charge in [0.25, 0.3) is 0 Å². The Labute approximate surface area is 117 Å². The maximum atomic E-state index is 5.63. The van der Waals surface area contributed by atoms with Gasteiger partial charge in [-0.25, -0.2) is 0 Å². The first-order valence-corrected chi connectivity index (χ1v) is 7.00. The molecule has 1 rings (SSSR count). The molecule has 0 saturated carbocycles.